The molecule has 0 aliphatic carbocycles. The highest BCUT2D eigenvalue weighted by Crippen LogP contribution is 2.07. The van der Waals surface area contributed by atoms with Crippen molar-refractivity contribution in [1.29, 1.82) is 0 Å². The van der Waals surface area contributed by atoms with Gasteiger partial charge in [0.05, 0.1) is 0 Å². The molecule has 1 aromatic heterocycles. The molecule has 0 spiro atoms. The Morgan fingerprint density at radius 3 is 3.08 bits per heavy atom. The van der Waals surface area contributed by atoms with Crippen molar-refractivity contribution >= 4 is 11.7 Å². The average Bonchev–Trinajstić information content (AvgIpc) is 2.03. The molecule has 0 saturated carbocycles. The summed E-state index contributed by atoms with van der Waals surface area (Å²) in [6.45, 7) is 2.00. The second-order valence-corrected chi connectivity index (χ2v) is 2.38. The highest BCUT2D eigenvalue weighted by molar-refractivity contribution is 5.87. The standard InChI is InChI=1S/C8H11N3O/c1-2-6-5-7(3-4-10-6)11-8(9)12/h3-5H,2H2,1H3,(H3,9,10,11,12). The van der Waals surface area contributed by atoms with E-state index in [9.17, 15) is 4.79 Å². The maximum Gasteiger partial charge on any atom is 0.316 e. The third-order valence-electron chi connectivity index (χ3n) is 1.45. The van der Waals surface area contributed by atoms with Crippen molar-refractivity contribution in [2.75, 3.05) is 5.32 Å². The molecule has 0 saturated heterocycles. The Labute approximate surface area is 70.8 Å². The summed E-state index contributed by atoms with van der Waals surface area (Å²) < 4.78 is 0. The number of amides is 2. The Morgan fingerprint density at radius 1 is 1.75 bits per heavy atom. The van der Waals surface area contributed by atoms with Crippen molar-refractivity contribution in [3.05, 3.63) is 24.0 Å². The van der Waals surface area contributed by atoms with Crippen LogP contribution in [0.25, 0.3) is 0 Å². The summed E-state index contributed by atoms with van der Waals surface area (Å²) in [5.41, 5.74) is 6.57. The third-order valence-corrected chi connectivity index (χ3v) is 1.45. The number of nitrogens with zero attached hydrogens (tertiary/aromatic N) is 1. The van der Waals surface area contributed by atoms with Crippen LogP contribution in [0.5, 0.6) is 0 Å². The van der Waals surface area contributed by atoms with Crippen LogP contribution in [0, 0.1) is 0 Å². The molecule has 12 heavy (non-hydrogen) atoms. The highest BCUT2D eigenvalue weighted by Gasteiger charge is 1.96. The maximum absolute atomic E-state index is 10.5. The molecule has 0 aromatic carbocycles. The zero-order chi connectivity index (χ0) is 8.97. The number of aryl methyl sites for hydroxylation is 1. The normalized spacial score (nSPS) is 9.42. The molecule has 4 heteroatoms. The number of nitrogens with two attached hydrogens (primary N) is 1. The summed E-state index contributed by atoms with van der Waals surface area (Å²) in [5, 5.41) is 2.48. The van der Waals surface area contributed by atoms with Gasteiger partial charge in [-0.2, -0.15) is 0 Å². The van der Waals surface area contributed by atoms with Gasteiger partial charge in [-0.15, -0.1) is 0 Å². The van der Waals surface area contributed by atoms with E-state index >= 15 is 0 Å². The number of carbonyl (C=O) groups excluding carboxylic acids is 1. The van der Waals surface area contributed by atoms with Crippen molar-refractivity contribution in [3.63, 3.8) is 0 Å². The summed E-state index contributed by atoms with van der Waals surface area (Å²) in [4.78, 5) is 14.5. The lowest BCUT2D eigenvalue weighted by Crippen LogP contribution is -2.19. The minimum atomic E-state index is -0.553. The van der Waals surface area contributed by atoms with Crippen molar-refractivity contribution in [2.45, 2.75) is 13.3 Å². The summed E-state index contributed by atoms with van der Waals surface area (Å²) in [6.07, 6.45) is 2.48. The van der Waals surface area contributed by atoms with Gasteiger partial charge in [0.1, 0.15) is 0 Å². The van der Waals surface area contributed by atoms with Crippen molar-refractivity contribution in [2.24, 2.45) is 5.73 Å². The van der Waals surface area contributed by atoms with Crippen molar-refractivity contribution in [3.8, 4) is 0 Å². The Morgan fingerprint density at radius 2 is 2.50 bits per heavy atom. The number of carbonyl (C=O) groups is 1. The van der Waals surface area contributed by atoms with Crippen LogP contribution in [-0.4, -0.2) is 11.0 Å². The summed E-state index contributed by atoms with van der Waals surface area (Å²) in [7, 11) is 0. The van der Waals surface area contributed by atoms with Crippen molar-refractivity contribution in [1.82, 2.24) is 4.98 Å². The van der Waals surface area contributed by atoms with Gasteiger partial charge in [0.25, 0.3) is 0 Å². The molecule has 1 rings (SSSR count). The Hall–Kier alpha value is -1.58. The molecule has 1 heterocycles. The molecular weight excluding hydrogens is 154 g/mol. The van der Waals surface area contributed by atoms with E-state index in [0.29, 0.717) is 5.69 Å². The zero-order valence-electron chi connectivity index (χ0n) is 6.87. The van der Waals surface area contributed by atoms with E-state index in [1.54, 1.807) is 18.3 Å². The molecule has 1 aromatic rings. The summed E-state index contributed by atoms with van der Waals surface area (Å²) in [5.74, 6) is 0. The number of hydrogen-bond acceptors (Lipinski definition) is 2. The summed E-state index contributed by atoms with van der Waals surface area (Å²) in [6, 6.07) is 2.94. The van der Waals surface area contributed by atoms with E-state index in [0.717, 1.165) is 12.1 Å². The smallest absolute Gasteiger partial charge is 0.316 e. The molecule has 0 aliphatic heterocycles. The Balaban J connectivity index is 2.79. The number of primary amides is 1. The zero-order valence-corrected chi connectivity index (χ0v) is 6.87. The lowest BCUT2D eigenvalue weighted by atomic mass is 10.3. The van der Waals surface area contributed by atoms with Gasteiger partial charge < -0.3 is 11.1 Å². The predicted octanol–water partition coefficient (Wildman–Crippen LogP) is 1.13. The summed E-state index contributed by atoms with van der Waals surface area (Å²) >= 11 is 0. The fraction of sp³-hybridized carbons (Fsp3) is 0.250. The molecule has 0 atom stereocenters. The molecule has 0 aliphatic rings. The average molecular weight is 165 g/mol. The molecule has 0 radical (unpaired) electrons. The molecule has 4 nitrogen and oxygen atoms in total. The van der Waals surface area contributed by atoms with Gasteiger partial charge in [-0.1, -0.05) is 6.92 Å². The number of anilines is 1. The van der Waals surface area contributed by atoms with Gasteiger partial charge in [-0.25, -0.2) is 4.79 Å². The molecular formula is C8H11N3O. The van der Waals surface area contributed by atoms with Crippen LogP contribution in [-0.2, 0) is 6.42 Å². The van der Waals surface area contributed by atoms with Crippen LogP contribution in [0.4, 0.5) is 10.5 Å². The first-order valence-corrected chi connectivity index (χ1v) is 3.73. The number of hydrogen-bond donors (Lipinski definition) is 2. The Kier molecular flexibility index (Phi) is 2.63. The topological polar surface area (TPSA) is 68.0 Å². The van der Waals surface area contributed by atoms with Gasteiger partial charge >= 0.3 is 6.03 Å². The number of rotatable bonds is 2. The van der Waals surface area contributed by atoms with E-state index < -0.39 is 6.03 Å². The fourth-order valence-corrected chi connectivity index (χ4v) is 0.892. The van der Waals surface area contributed by atoms with Crippen molar-refractivity contribution < 1.29 is 4.79 Å². The number of nitrogens with one attached hydrogen (secondary N) is 1. The largest absolute Gasteiger partial charge is 0.351 e. The molecule has 3 N–H and O–H groups in total. The van der Waals surface area contributed by atoms with Crippen LogP contribution in [0.3, 0.4) is 0 Å². The number of aromatic nitrogens is 1. The number of urea groups is 1. The van der Waals surface area contributed by atoms with E-state index in [4.69, 9.17) is 5.73 Å². The number of pyridine rings is 1. The lowest BCUT2D eigenvalue weighted by Gasteiger charge is -2.01. The molecule has 64 valence electrons. The first kappa shape index (κ1) is 8.52. The second kappa shape index (κ2) is 3.71. The van der Waals surface area contributed by atoms with E-state index in [2.05, 4.69) is 10.3 Å². The minimum Gasteiger partial charge on any atom is -0.351 e. The van der Waals surface area contributed by atoms with E-state index in [1.165, 1.54) is 0 Å². The SMILES string of the molecule is CCc1cc(NC(N)=O)ccn1. The quantitative estimate of drug-likeness (QED) is 0.689. The van der Waals surface area contributed by atoms with Crippen LogP contribution in [0.2, 0.25) is 0 Å². The van der Waals surface area contributed by atoms with E-state index in [-0.39, 0.29) is 0 Å². The monoisotopic (exact) mass is 165 g/mol. The molecule has 0 bridgehead atoms. The minimum absolute atomic E-state index is 0.553. The van der Waals surface area contributed by atoms with Gasteiger partial charge in [-0.05, 0) is 18.6 Å². The highest BCUT2D eigenvalue weighted by atomic mass is 16.2. The van der Waals surface area contributed by atoms with E-state index in [1.807, 2.05) is 6.92 Å². The first-order valence-electron chi connectivity index (χ1n) is 3.73. The second-order valence-electron chi connectivity index (χ2n) is 2.38. The van der Waals surface area contributed by atoms with Gasteiger partial charge in [0.2, 0.25) is 0 Å². The Bertz CT molecular complexity index is 285. The van der Waals surface area contributed by atoms with Gasteiger partial charge in [0.15, 0.2) is 0 Å². The molecule has 0 fully saturated rings. The first-order chi connectivity index (χ1) is 5.72. The lowest BCUT2D eigenvalue weighted by molar-refractivity contribution is 0.259. The van der Waals surface area contributed by atoms with Crippen LogP contribution in [0.1, 0.15) is 12.6 Å². The fourth-order valence-electron chi connectivity index (χ4n) is 0.892. The third kappa shape index (κ3) is 2.23. The predicted molar refractivity (Wildman–Crippen MR) is 46.8 cm³/mol. The molecule has 0 unspecified atom stereocenters. The van der Waals surface area contributed by atoms with Gasteiger partial charge in [0, 0.05) is 17.6 Å². The molecule has 2 amide bonds. The maximum atomic E-state index is 10.5. The van der Waals surface area contributed by atoms with Gasteiger partial charge in [-0.3, -0.25) is 4.98 Å². The van der Waals surface area contributed by atoms with Crippen LogP contribution >= 0.6 is 0 Å². The van der Waals surface area contributed by atoms with Crippen LogP contribution in [0.15, 0.2) is 18.3 Å². The van der Waals surface area contributed by atoms with Crippen LogP contribution < -0.4 is 11.1 Å².